The van der Waals surface area contributed by atoms with Gasteiger partial charge in [-0.25, -0.2) is 0 Å². The molecule has 124 valence electrons. The lowest BCUT2D eigenvalue weighted by Gasteiger charge is -2.27. The van der Waals surface area contributed by atoms with E-state index >= 15 is 0 Å². The lowest BCUT2D eigenvalue weighted by molar-refractivity contribution is 0.236. The molecule has 0 bridgehead atoms. The summed E-state index contributed by atoms with van der Waals surface area (Å²) in [7, 11) is 1.87. The number of hydrogen-bond acceptors (Lipinski definition) is 3. The molecule has 21 heavy (non-hydrogen) atoms. The SMILES string of the molecule is CCC(CNC(=NC)NCC1CCCS1)N1CCCC1.I. The first-order valence-electron chi connectivity index (χ1n) is 8.13. The van der Waals surface area contributed by atoms with E-state index in [9.17, 15) is 0 Å². The highest BCUT2D eigenvalue weighted by Crippen LogP contribution is 2.25. The van der Waals surface area contributed by atoms with Crippen molar-refractivity contribution in [2.24, 2.45) is 4.99 Å². The minimum atomic E-state index is 0. The van der Waals surface area contributed by atoms with Crippen LogP contribution in [0.2, 0.25) is 0 Å². The van der Waals surface area contributed by atoms with Crippen LogP contribution in [-0.2, 0) is 0 Å². The first kappa shape index (κ1) is 19.4. The molecule has 0 aliphatic carbocycles. The Labute approximate surface area is 151 Å². The average Bonchev–Trinajstić information content (AvgIpc) is 3.15. The Balaban J connectivity index is 0.00000220. The van der Waals surface area contributed by atoms with E-state index in [1.54, 1.807) is 0 Å². The summed E-state index contributed by atoms with van der Waals surface area (Å²) in [4.78, 5) is 6.97. The third kappa shape index (κ3) is 6.52. The quantitative estimate of drug-likeness (QED) is 0.389. The van der Waals surface area contributed by atoms with Crippen LogP contribution in [0.3, 0.4) is 0 Å². The standard InChI is InChI=1S/C15H30N4S.HI/c1-3-13(19-8-4-5-9-19)11-17-15(16-2)18-12-14-7-6-10-20-14;/h13-14H,3-12H2,1-2H3,(H2,16,17,18);1H. The molecule has 2 unspecified atom stereocenters. The van der Waals surface area contributed by atoms with Gasteiger partial charge in [0.2, 0.25) is 0 Å². The molecule has 0 aromatic heterocycles. The van der Waals surface area contributed by atoms with Crippen molar-refractivity contribution in [2.45, 2.75) is 50.3 Å². The van der Waals surface area contributed by atoms with E-state index in [4.69, 9.17) is 0 Å². The molecule has 2 heterocycles. The number of hydrogen-bond donors (Lipinski definition) is 2. The Bertz CT molecular complexity index is 302. The van der Waals surface area contributed by atoms with Gasteiger partial charge in [0, 0.05) is 31.4 Å². The van der Waals surface area contributed by atoms with Crippen LogP contribution in [0.15, 0.2) is 4.99 Å². The molecule has 2 aliphatic rings. The molecular weight excluding hydrogens is 395 g/mol. The predicted molar refractivity (Wildman–Crippen MR) is 105 cm³/mol. The normalized spacial score (nSPS) is 24.7. The molecule has 2 rings (SSSR count). The second-order valence-corrected chi connectivity index (χ2v) is 7.18. The molecule has 2 aliphatic heterocycles. The summed E-state index contributed by atoms with van der Waals surface area (Å²) < 4.78 is 0. The molecule has 0 saturated carbocycles. The second-order valence-electron chi connectivity index (χ2n) is 5.77. The van der Waals surface area contributed by atoms with Crippen molar-refractivity contribution in [1.29, 1.82) is 0 Å². The largest absolute Gasteiger partial charge is 0.355 e. The van der Waals surface area contributed by atoms with Gasteiger partial charge in [-0.1, -0.05) is 6.92 Å². The van der Waals surface area contributed by atoms with Gasteiger partial charge in [-0.15, -0.1) is 24.0 Å². The smallest absolute Gasteiger partial charge is 0.191 e. The molecule has 0 aromatic rings. The van der Waals surface area contributed by atoms with Gasteiger partial charge < -0.3 is 10.6 Å². The van der Waals surface area contributed by atoms with Gasteiger partial charge in [-0.3, -0.25) is 9.89 Å². The maximum Gasteiger partial charge on any atom is 0.191 e. The number of thioether (sulfide) groups is 1. The molecule has 0 spiro atoms. The third-order valence-electron chi connectivity index (χ3n) is 4.38. The Morgan fingerprint density at radius 1 is 1.29 bits per heavy atom. The zero-order valence-corrected chi connectivity index (χ0v) is 16.6. The Morgan fingerprint density at radius 3 is 2.62 bits per heavy atom. The molecule has 0 radical (unpaired) electrons. The first-order valence-corrected chi connectivity index (χ1v) is 9.18. The van der Waals surface area contributed by atoms with Crippen LogP contribution in [0.1, 0.15) is 39.0 Å². The van der Waals surface area contributed by atoms with Crippen LogP contribution >= 0.6 is 35.7 Å². The van der Waals surface area contributed by atoms with E-state index in [0.717, 1.165) is 24.3 Å². The van der Waals surface area contributed by atoms with Crippen molar-refractivity contribution >= 4 is 41.7 Å². The van der Waals surface area contributed by atoms with E-state index in [1.807, 2.05) is 7.05 Å². The van der Waals surface area contributed by atoms with Crippen LogP contribution in [0.5, 0.6) is 0 Å². The van der Waals surface area contributed by atoms with Gasteiger partial charge in [0.05, 0.1) is 0 Å². The molecule has 0 amide bonds. The number of aliphatic imine (C=N–C) groups is 1. The van der Waals surface area contributed by atoms with Crippen LogP contribution in [0.4, 0.5) is 0 Å². The number of halogens is 1. The van der Waals surface area contributed by atoms with Gasteiger partial charge in [0.15, 0.2) is 5.96 Å². The molecule has 2 N–H and O–H groups in total. The van der Waals surface area contributed by atoms with E-state index in [2.05, 4.69) is 39.2 Å². The summed E-state index contributed by atoms with van der Waals surface area (Å²) >= 11 is 2.09. The molecule has 0 aromatic carbocycles. The minimum Gasteiger partial charge on any atom is -0.355 e. The van der Waals surface area contributed by atoms with Crippen molar-refractivity contribution < 1.29 is 0 Å². The maximum absolute atomic E-state index is 4.35. The van der Waals surface area contributed by atoms with Gasteiger partial charge in [0.25, 0.3) is 0 Å². The highest BCUT2D eigenvalue weighted by molar-refractivity contribution is 14.0. The van der Waals surface area contributed by atoms with E-state index in [0.29, 0.717) is 6.04 Å². The topological polar surface area (TPSA) is 39.7 Å². The Morgan fingerprint density at radius 2 is 2.05 bits per heavy atom. The van der Waals surface area contributed by atoms with Gasteiger partial charge >= 0.3 is 0 Å². The average molecular weight is 426 g/mol. The number of guanidine groups is 1. The fourth-order valence-corrected chi connectivity index (χ4v) is 4.29. The summed E-state index contributed by atoms with van der Waals surface area (Å²) in [5.74, 6) is 2.29. The number of likely N-dealkylation sites (tertiary alicyclic amines) is 1. The maximum atomic E-state index is 4.35. The van der Waals surface area contributed by atoms with Gasteiger partial charge in [-0.2, -0.15) is 11.8 Å². The van der Waals surface area contributed by atoms with Crippen molar-refractivity contribution in [2.75, 3.05) is 39.0 Å². The number of nitrogens with zero attached hydrogens (tertiary/aromatic N) is 2. The number of nitrogens with one attached hydrogen (secondary N) is 2. The molecule has 4 nitrogen and oxygen atoms in total. The molecule has 2 saturated heterocycles. The van der Waals surface area contributed by atoms with Crippen LogP contribution < -0.4 is 10.6 Å². The summed E-state index contributed by atoms with van der Waals surface area (Å²) in [6, 6.07) is 0.650. The van der Waals surface area contributed by atoms with Crippen LogP contribution in [0, 0.1) is 0 Å². The molecule has 6 heteroatoms. The highest BCUT2D eigenvalue weighted by Gasteiger charge is 2.20. The lowest BCUT2D eigenvalue weighted by atomic mass is 10.2. The molecule has 2 fully saturated rings. The minimum absolute atomic E-state index is 0. The lowest BCUT2D eigenvalue weighted by Crippen LogP contribution is -2.47. The van der Waals surface area contributed by atoms with Crippen molar-refractivity contribution in [3.8, 4) is 0 Å². The third-order valence-corrected chi connectivity index (χ3v) is 5.78. The highest BCUT2D eigenvalue weighted by atomic mass is 127. The number of rotatable bonds is 6. The fourth-order valence-electron chi connectivity index (χ4n) is 3.09. The van der Waals surface area contributed by atoms with Crippen molar-refractivity contribution in [1.82, 2.24) is 15.5 Å². The monoisotopic (exact) mass is 426 g/mol. The summed E-state index contributed by atoms with van der Waals surface area (Å²) in [5, 5.41) is 7.76. The van der Waals surface area contributed by atoms with Gasteiger partial charge in [-0.05, 0) is 50.9 Å². The Hall–Kier alpha value is 0.310. The van der Waals surface area contributed by atoms with Crippen LogP contribution in [0.25, 0.3) is 0 Å². The zero-order chi connectivity index (χ0) is 14.2. The van der Waals surface area contributed by atoms with E-state index in [-0.39, 0.29) is 24.0 Å². The second kappa shape index (κ2) is 10.9. The Kier molecular flexibility index (Phi) is 10.1. The molecule has 2 atom stereocenters. The van der Waals surface area contributed by atoms with Crippen molar-refractivity contribution in [3.63, 3.8) is 0 Å². The van der Waals surface area contributed by atoms with Crippen molar-refractivity contribution in [3.05, 3.63) is 0 Å². The fraction of sp³-hybridized carbons (Fsp3) is 0.933. The van der Waals surface area contributed by atoms with E-state index < -0.39 is 0 Å². The summed E-state index contributed by atoms with van der Waals surface area (Å²) in [6.07, 6.45) is 6.66. The zero-order valence-electron chi connectivity index (χ0n) is 13.4. The van der Waals surface area contributed by atoms with Crippen LogP contribution in [-0.4, -0.2) is 61.1 Å². The van der Waals surface area contributed by atoms with Gasteiger partial charge in [0.1, 0.15) is 0 Å². The molecular formula is C15H31IN4S. The first-order chi connectivity index (χ1) is 9.83. The summed E-state index contributed by atoms with van der Waals surface area (Å²) in [6.45, 7) is 6.88. The summed E-state index contributed by atoms with van der Waals surface area (Å²) in [5.41, 5.74) is 0. The van der Waals surface area contributed by atoms with E-state index in [1.165, 1.54) is 50.9 Å². The predicted octanol–water partition coefficient (Wildman–Crippen LogP) is 2.54.